The largest absolute Gasteiger partial charge is 0.481 e. The van der Waals surface area contributed by atoms with Gasteiger partial charge in [-0.25, -0.2) is 0 Å². The van der Waals surface area contributed by atoms with E-state index in [-0.39, 0.29) is 6.42 Å². The molecular weight excluding hydrogens is 214 g/mol. The minimum absolute atomic E-state index is 0.258. The van der Waals surface area contributed by atoms with Crippen LogP contribution in [0.15, 0.2) is 24.3 Å². The predicted octanol–water partition coefficient (Wildman–Crippen LogP) is 2.87. The highest BCUT2D eigenvalue weighted by Crippen LogP contribution is 2.34. The number of rotatable bonds is 4. The average molecular weight is 233 g/mol. The lowest BCUT2D eigenvalue weighted by atomic mass is 9.91. The lowest BCUT2D eigenvalue weighted by Gasteiger charge is -2.34. The lowest BCUT2D eigenvalue weighted by molar-refractivity contribution is -0.137. The maximum atomic E-state index is 10.5. The SMILES string of the molecule is CC1CCN(CCCC(=O)O)c2ccccc21. The summed E-state index contributed by atoms with van der Waals surface area (Å²) in [6.07, 6.45) is 2.14. The maximum Gasteiger partial charge on any atom is 0.303 e. The van der Waals surface area contributed by atoms with E-state index in [1.54, 1.807) is 0 Å². The van der Waals surface area contributed by atoms with Gasteiger partial charge >= 0.3 is 5.97 Å². The van der Waals surface area contributed by atoms with Crippen LogP contribution < -0.4 is 4.90 Å². The molecule has 1 aromatic carbocycles. The topological polar surface area (TPSA) is 40.5 Å². The van der Waals surface area contributed by atoms with Crippen LogP contribution in [0.5, 0.6) is 0 Å². The van der Waals surface area contributed by atoms with Crippen LogP contribution in [0.4, 0.5) is 5.69 Å². The molecule has 0 bridgehead atoms. The van der Waals surface area contributed by atoms with Crippen molar-refractivity contribution in [3.63, 3.8) is 0 Å². The molecule has 0 saturated heterocycles. The third-order valence-electron chi connectivity index (χ3n) is 3.46. The molecule has 17 heavy (non-hydrogen) atoms. The summed E-state index contributed by atoms with van der Waals surface area (Å²) in [5, 5.41) is 8.66. The van der Waals surface area contributed by atoms with Crippen LogP contribution in [-0.4, -0.2) is 24.2 Å². The second-order valence-electron chi connectivity index (χ2n) is 4.73. The summed E-state index contributed by atoms with van der Waals surface area (Å²) in [7, 11) is 0. The minimum Gasteiger partial charge on any atom is -0.481 e. The van der Waals surface area contributed by atoms with Crippen LogP contribution >= 0.6 is 0 Å². The van der Waals surface area contributed by atoms with Crippen molar-refractivity contribution in [1.82, 2.24) is 0 Å². The van der Waals surface area contributed by atoms with Crippen molar-refractivity contribution in [3.05, 3.63) is 29.8 Å². The monoisotopic (exact) mass is 233 g/mol. The Bertz CT molecular complexity index is 403. The molecule has 2 rings (SSSR count). The third-order valence-corrected chi connectivity index (χ3v) is 3.46. The van der Waals surface area contributed by atoms with Gasteiger partial charge < -0.3 is 10.0 Å². The normalized spacial score (nSPS) is 18.9. The molecule has 0 radical (unpaired) electrons. The Balaban J connectivity index is 2.05. The van der Waals surface area contributed by atoms with Gasteiger partial charge in [-0.1, -0.05) is 25.1 Å². The Labute approximate surface area is 102 Å². The van der Waals surface area contributed by atoms with E-state index in [9.17, 15) is 4.79 Å². The van der Waals surface area contributed by atoms with Gasteiger partial charge in [0.25, 0.3) is 0 Å². The van der Waals surface area contributed by atoms with Crippen molar-refractivity contribution >= 4 is 11.7 Å². The third kappa shape index (κ3) is 2.78. The highest BCUT2D eigenvalue weighted by Gasteiger charge is 2.21. The number of carboxylic acid groups (broad SMARTS) is 1. The summed E-state index contributed by atoms with van der Waals surface area (Å²) in [5.74, 6) is -0.0920. The second-order valence-corrected chi connectivity index (χ2v) is 4.73. The number of carboxylic acids is 1. The molecule has 1 unspecified atom stereocenters. The number of hydrogen-bond donors (Lipinski definition) is 1. The first-order valence-corrected chi connectivity index (χ1v) is 6.24. The lowest BCUT2D eigenvalue weighted by Crippen LogP contribution is -2.31. The van der Waals surface area contributed by atoms with Crippen molar-refractivity contribution in [1.29, 1.82) is 0 Å². The molecule has 1 atom stereocenters. The van der Waals surface area contributed by atoms with Gasteiger partial charge in [0.2, 0.25) is 0 Å². The van der Waals surface area contributed by atoms with E-state index in [0.717, 1.165) is 25.9 Å². The molecule has 1 aliphatic rings. The summed E-state index contributed by atoms with van der Waals surface area (Å²) < 4.78 is 0. The Kier molecular flexibility index (Phi) is 3.67. The van der Waals surface area contributed by atoms with Crippen molar-refractivity contribution in [3.8, 4) is 0 Å². The number of nitrogens with zero attached hydrogens (tertiary/aromatic N) is 1. The summed E-state index contributed by atoms with van der Waals surface area (Å²) in [5.41, 5.74) is 2.69. The molecule has 1 heterocycles. The number of aliphatic carboxylic acids is 1. The van der Waals surface area contributed by atoms with Crippen LogP contribution in [0, 0.1) is 0 Å². The van der Waals surface area contributed by atoms with Gasteiger partial charge in [-0.3, -0.25) is 4.79 Å². The van der Waals surface area contributed by atoms with E-state index < -0.39 is 5.97 Å². The van der Waals surface area contributed by atoms with E-state index in [0.29, 0.717) is 5.92 Å². The number of carbonyl (C=O) groups is 1. The minimum atomic E-state index is -0.705. The first-order chi connectivity index (χ1) is 8.18. The molecule has 0 aromatic heterocycles. The first kappa shape index (κ1) is 12.0. The number of para-hydroxylation sites is 1. The Morgan fingerprint density at radius 1 is 1.47 bits per heavy atom. The molecule has 1 aliphatic heterocycles. The number of fused-ring (bicyclic) bond motifs is 1. The molecule has 92 valence electrons. The van der Waals surface area contributed by atoms with E-state index >= 15 is 0 Å². The summed E-state index contributed by atoms with van der Waals surface area (Å²) in [4.78, 5) is 12.8. The highest BCUT2D eigenvalue weighted by atomic mass is 16.4. The zero-order chi connectivity index (χ0) is 12.3. The fourth-order valence-electron chi connectivity index (χ4n) is 2.47. The molecular formula is C14H19NO2. The predicted molar refractivity (Wildman–Crippen MR) is 68.6 cm³/mol. The van der Waals surface area contributed by atoms with Crippen molar-refractivity contribution < 1.29 is 9.90 Å². The van der Waals surface area contributed by atoms with Gasteiger partial charge in [0.15, 0.2) is 0 Å². The fraction of sp³-hybridized carbons (Fsp3) is 0.500. The number of hydrogen-bond acceptors (Lipinski definition) is 2. The van der Waals surface area contributed by atoms with Gasteiger partial charge in [0.1, 0.15) is 0 Å². The molecule has 3 heteroatoms. The average Bonchev–Trinajstić information content (AvgIpc) is 2.32. The quantitative estimate of drug-likeness (QED) is 0.869. The van der Waals surface area contributed by atoms with E-state index in [1.165, 1.54) is 11.3 Å². The molecule has 3 nitrogen and oxygen atoms in total. The van der Waals surface area contributed by atoms with Gasteiger partial charge in [0, 0.05) is 25.2 Å². The summed E-state index contributed by atoms with van der Waals surface area (Å²) in [6, 6.07) is 8.46. The van der Waals surface area contributed by atoms with E-state index in [1.807, 2.05) is 0 Å². The standard InChI is InChI=1S/C14H19NO2/c1-11-8-10-15(9-4-7-14(16)17)13-6-3-2-5-12(11)13/h2-3,5-6,11H,4,7-10H2,1H3,(H,16,17). The molecule has 0 fully saturated rings. The van der Waals surface area contributed by atoms with Crippen LogP contribution in [0.1, 0.15) is 37.7 Å². The second kappa shape index (κ2) is 5.21. The van der Waals surface area contributed by atoms with Crippen molar-refractivity contribution in [2.45, 2.75) is 32.1 Å². The summed E-state index contributed by atoms with van der Waals surface area (Å²) >= 11 is 0. The Morgan fingerprint density at radius 2 is 2.24 bits per heavy atom. The van der Waals surface area contributed by atoms with Crippen molar-refractivity contribution in [2.24, 2.45) is 0 Å². The Morgan fingerprint density at radius 3 is 3.00 bits per heavy atom. The molecule has 1 N–H and O–H groups in total. The van der Waals surface area contributed by atoms with Gasteiger partial charge in [-0.15, -0.1) is 0 Å². The maximum absolute atomic E-state index is 10.5. The molecule has 0 saturated carbocycles. The van der Waals surface area contributed by atoms with E-state index in [4.69, 9.17) is 5.11 Å². The number of anilines is 1. The number of benzene rings is 1. The fourth-order valence-corrected chi connectivity index (χ4v) is 2.47. The zero-order valence-electron chi connectivity index (χ0n) is 10.2. The molecule has 0 spiro atoms. The Hall–Kier alpha value is -1.51. The van der Waals surface area contributed by atoms with Crippen LogP contribution in [-0.2, 0) is 4.79 Å². The first-order valence-electron chi connectivity index (χ1n) is 6.24. The molecule has 1 aromatic rings. The summed E-state index contributed by atoms with van der Waals surface area (Å²) in [6.45, 7) is 4.14. The highest BCUT2D eigenvalue weighted by molar-refractivity contribution is 5.66. The zero-order valence-corrected chi connectivity index (χ0v) is 10.2. The van der Waals surface area contributed by atoms with Crippen LogP contribution in [0.25, 0.3) is 0 Å². The van der Waals surface area contributed by atoms with Crippen LogP contribution in [0.2, 0.25) is 0 Å². The van der Waals surface area contributed by atoms with Crippen molar-refractivity contribution in [2.75, 3.05) is 18.0 Å². The van der Waals surface area contributed by atoms with Gasteiger partial charge in [-0.2, -0.15) is 0 Å². The molecule has 0 amide bonds. The van der Waals surface area contributed by atoms with Gasteiger partial charge in [0.05, 0.1) is 0 Å². The van der Waals surface area contributed by atoms with Crippen LogP contribution in [0.3, 0.4) is 0 Å². The smallest absolute Gasteiger partial charge is 0.303 e. The van der Waals surface area contributed by atoms with Gasteiger partial charge in [-0.05, 0) is 30.4 Å². The molecule has 0 aliphatic carbocycles. The van der Waals surface area contributed by atoms with E-state index in [2.05, 4.69) is 36.1 Å².